The lowest BCUT2D eigenvalue weighted by Gasteiger charge is -2.32. The molecule has 1 fully saturated rings. The van der Waals surface area contributed by atoms with Crippen LogP contribution in [-0.2, 0) is 6.54 Å². The molecule has 172 valence electrons. The lowest BCUT2D eigenvalue weighted by atomic mass is 10.0. The van der Waals surface area contributed by atoms with Gasteiger partial charge in [-0.05, 0) is 71.6 Å². The van der Waals surface area contributed by atoms with Crippen molar-refractivity contribution in [3.63, 3.8) is 0 Å². The van der Waals surface area contributed by atoms with Crippen LogP contribution in [0.15, 0.2) is 91.0 Å². The molecule has 1 N–H and O–H groups in total. The van der Waals surface area contributed by atoms with Gasteiger partial charge in [0.1, 0.15) is 17.3 Å². The fraction of sp³-hybridized carbons (Fsp3) is 0.207. The fourth-order valence-electron chi connectivity index (χ4n) is 4.48. The van der Waals surface area contributed by atoms with Gasteiger partial charge in [0.25, 0.3) is 5.91 Å². The van der Waals surface area contributed by atoms with Gasteiger partial charge in [0, 0.05) is 25.7 Å². The van der Waals surface area contributed by atoms with E-state index in [9.17, 15) is 9.18 Å². The Balaban J connectivity index is 1.17. The van der Waals surface area contributed by atoms with Gasteiger partial charge >= 0.3 is 0 Å². The normalized spacial score (nSPS) is 14.7. The second-order valence-corrected chi connectivity index (χ2v) is 8.76. The van der Waals surface area contributed by atoms with Gasteiger partial charge in [-0.2, -0.15) is 0 Å². The van der Waals surface area contributed by atoms with Crippen molar-refractivity contribution in [1.82, 2.24) is 10.2 Å². The van der Waals surface area contributed by atoms with Crippen LogP contribution >= 0.6 is 0 Å². The fourth-order valence-corrected chi connectivity index (χ4v) is 4.48. The number of ether oxygens (including phenoxy) is 1. The summed E-state index contributed by atoms with van der Waals surface area (Å²) in [6.07, 6.45) is 1.79. The number of likely N-dealkylation sites (tertiary alicyclic amines) is 1. The number of carbonyl (C=O) groups is 1. The summed E-state index contributed by atoms with van der Waals surface area (Å²) >= 11 is 0. The predicted molar refractivity (Wildman–Crippen MR) is 133 cm³/mol. The number of carbonyl (C=O) groups excluding carboxylic acids is 1. The molecule has 5 heteroatoms. The minimum Gasteiger partial charge on any atom is -0.457 e. The molecule has 0 radical (unpaired) electrons. The number of fused-ring (bicyclic) bond motifs is 1. The Morgan fingerprint density at radius 3 is 2.41 bits per heavy atom. The lowest BCUT2D eigenvalue weighted by Crippen LogP contribution is -2.44. The summed E-state index contributed by atoms with van der Waals surface area (Å²) in [6.45, 7) is 2.67. The van der Waals surface area contributed by atoms with Crippen LogP contribution in [-0.4, -0.2) is 29.9 Å². The molecule has 1 saturated heterocycles. The van der Waals surface area contributed by atoms with Crippen molar-refractivity contribution in [3.05, 3.63) is 108 Å². The minimum atomic E-state index is -0.210. The molecule has 1 aliphatic heterocycles. The summed E-state index contributed by atoms with van der Waals surface area (Å²) < 4.78 is 19.4. The maximum atomic E-state index is 13.4. The summed E-state index contributed by atoms with van der Waals surface area (Å²) in [4.78, 5) is 15.4. The van der Waals surface area contributed by atoms with E-state index in [2.05, 4.69) is 22.3 Å². The van der Waals surface area contributed by atoms with Gasteiger partial charge in [-0.15, -0.1) is 0 Å². The zero-order valence-corrected chi connectivity index (χ0v) is 18.9. The summed E-state index contributed by atoms with van der Waals surface area (Å²) in [5.74, 6) is 0.945. The highest BCUT2D eigenvalue weighted by Gasteiger charge is 2.22. The largest absolute Gasteiger partial charge is 0.457 e. The highest BCUT2D eigenvalue weighted by molar-refractivity contribution is 5.97. The van der Waals surface area contributed by atoms with Gasteiger partial charge < -0.3 is 10.1 Å². The lowest BCUT2D eigenvalue weighted by molar-refractivity contribution is 0.0906. The number of nitrogens with one attached hydrogen (secondary N) is 1. The van der Waals surface area contributed by atoms with E-state index in [0.717, 1.165) is 43.2 Å². The smallest absolute Gasteiger partial charge is 0.255 e. The number of piperidine rings is 1. The highest BCUT2D eigenvalue weighted by atomic mass is 19.1. The molecule has 0 saturated carbocycles. The number of nitrogens with zero attached hydrogens (tertiary/aromatic N) is 1. The first-order chi connectivity index (χ1) is 16.6. The van der Waals surface area contributed by atoms with Crippen LogP contribution in [0.4, 0.5) is 4.39 Å². The van der Waals surface area contributed by atoms with Crippen LogP contribution in [0.25, 0.3) is 10.8 Å². The third kappa shape index (κ3) is 5.26. The van der Waals surface area contributed by atoms with Gasteiger partial charge in [0.15, 0.2) is 0 Å². The molecule has 0 aromatic heterocycles. The predicted octanol–water partition coefficient (Wildman–Crippen LogP) is 6.17. The third-order valence-corrected chi connectivity index (χ3v) is 6.30. The van der Waals surface area contributed by atoms with Crippen LogP contribution in [0, 0.1) is 5.82 Å². The molecule has 1 heterocycles. The Morgan fingerprint density at radius 1 is 0.882 bits per heavy atom. The SMILES string of the molecule is O=C(NC1CCN(Cc2ccc3cc(F)ccc3c2)CC1)c1ccccc1Oc1ccccc1. The van der Waals surface area contributed by atoms with E-state index in [1.165, 1.54) is 11.6 Å². The van der Waals surface area contributed by atoms with E-state index < -0.39 is 0 Å². The standard InChI is InChI=1S/C29H27FN2O2/c30-24-13-12-22-18-21(10-11-23(22)19-24)20-32-16-14-25(15-17-32)31-29(33)27-8-4-5-9-28(27)34-26-6-2-1-3-7-26/h1-13,18-19,25H,14-17,20H2,(H,31,33). The number of halogens is 1. The van der Waals surface area contributed by atoms with Gasteiger partial charge in [0.05, 0.1) is 5.56 Å². The van der Waals surface area contributed by atoms with E-state index in [1.807, 2.05) is 60.7 Å². The molecular formula is C29H27FN2O2. The summed E-state index contributed by atoms with van der Waals surface area (Å²) in [7, 11) is 0. The monoisotopic (exact) mass is 454 g/mol. The van der Waals surface area contributed by atoms with Crippen molar-refractivity contribution in [2.45, 2.75) is 25.4 Å². The molecule has 0 spiro atoms. The van der Waals surface area contributed by atoms with Crippen LogP contribution in [0.1, 0.15) is 28.8 Å². The summed E-state index contributed by atoms with van der Waals surface area (Å²) in [5, 5.41) is 5.17. The molecule has 1 aliphatic rings. The first-order valence-electron chi connectivity index (χ1n) is 11.7. The second kappa shape index (κ2) is 10.1. The first-order valence-corrected chi connectivity index (χ1v) is 11.7. The van der Waals surface area contributed by atoms with Crippen LogP contribution in [0.2, 0.25) is 0 Å². The topological polar surface area (TPSA) is 41.6 Å². The zero-order valence-electron chi connectivity index (χ0n) is 18.9. The van der Waals surface area contributed by atoms with Crippen molar-refractivity contribution >= 4 is 16.7 Å². The molecule has 4 aromatic rings. The first kappa shape index (κ1) is 22.1. The van der Waals surface area contributed by atoms with E-state index in [4.69, 9.17) is 4.74 Å². The molecule has 1 amide bonds. The Morgan fingerprint density at radius 2 is 1.59 bits per heavy atom. The van der Waals surface area contributed by atoms with E-state index in [0.29, 0.717) is 17.1 Å². The molecular weight excluding hydrogens is 427 g/mol. The molecule has 4 aromatic carbocycles. The van der Waals surface area contributed by atoms with Gasteiger partial charge in [-0.1, -0.05) is 48.5 Å². The van der Waals surface area contributed by atoms with Crippen LogP contribution < -0.4 is 10.1 Å². The summed E-state index contributed by atoms with van der Waals surface area (Å²) in [6, 6.07) is 28.0. The van der Waals surface area contributed by atoms with Crippen molar-refractivity contribution in [2.75, 3.05) is 13.1 Å². The highest BCUT2D eigenvalue weighted by Crippen LogP contribution is 2.26. The maximum Gasteiger partial charge on any atom is 0.255 e. The average Bonchev–Trinajstić information content (AvgIpc) is 2.86. The van der Waals surface area contributed by atoms with Crippen molar-refractivity contribution in [1.29, 1.82) is 0 Å². The molecule has 5 rings (SSSR count). The second-order valence-electron chi connectivity index (χ2n) is 8.76. The van der Waals surface area contributed by atoms with E-state index in [1.54, 1.807) is 12.1 Å². The molecule has 0 unspecified atom stereocenters. The minimum absolute atomic E-state index is 0.105. The number of para-hydroxylation sites is 2. The van der Waals surface area contributed by atoms with Crippen molar-refractivity contribution in [3.8, 4) is 11.5 Å². The number of hydrogen-bond donors (Lipinski definition) is 1. The Hall–Kier alpha value is -3.70. The van der Waals surface area contributed by atoms with Crippen molar-refractivity contribution < 1.29 is 13.9 Å². The quantitative estimate of drug-likeness (QED) is 0.379. The maximum absolute atomic E-state index is 13.4. The van der Waals surface area contributed by atoms with Gasteiger partial charge in [-0.25, -0.2) is 4.39 Å². The Bertz CT molecular complexity index is 1280. The van der Waals surface area contributed by atoms with Gasteiger partial charge in [0.2, 0.25) is 0 Å². The van der Waals surface area contributed by atoms with Gasteiger partial charge in [-0.3, -0.25) is 9.69 Å². The van der Waals surface area contributed by atoms with Crippen molar-refractivity contribution in [2.24, 2.45) is 0 Å². The third-order valence-electron chi connectivity index (χ3n) is 6.30. The zero-order chi connectivity index (χ0) is 23.3. The summed E-state index contributed by atoms with van der Waals surface area (Å²) in [5.41, 5.74) is 1.76. The average molecular weight is 455 g/mol. The Kier molecular flexibility index (Phi) is 6.54. The molecule has 0 atom stereocenters. The molecule has 4 nitrogen and oxygen atoms in total. The van der Waals surface area contributed by atoms with Crippen LogP contribution in [0.3, 0.4) is 0 Å². The van der Waals surface area contributed by atoms with Crippen LogP contribution in [0.5, 0.6) is 11.5 Å². The number of hydrogen-bond acceptors (Lipinski definition) is 3. The molecule has 0 aliphatic carbocycles. The van der Waals surface area contributed by atoms with E-state index >= 15 is 0 Å². The van der Waals surface area contributed by atoms with E-state index in [-0.39, 0.29) is 17.8 Å². The number of benzene rings is 4. The molecule has 0 bridgehead atoms. The number of amides is 1. The Labute approximate surface area is 199 Å². The molecule has 34 heavy (non-hydrogen) atoms. The number of rotatable bonds is 6.